The number of pyridine rings is 1. The monoisotopic (exact) mass is 290 g/mol. The van der Waals surface area contributed by atoms with Gasteiger partial charge in [0.25, 0.3) is 0 Å². The number of aromatic nitrogens is 1. The van der Waals surface area contributed by atoms with Crippen LogP contribution in [-0.2, 0) is 0 Å². The second kappa shape index (κ2) is 6.10. The van der Waals surface area contributed by atoms with E-state index < -0.39 is 0 Å². The standard InChI is InChI=1S/C18H15N3O/c19-17-10-11-21-12-16(17)18(20)13-6-8-15(9-7-13)22-14-4-2-1-3-5-14/h1-12,20H,(H2,19,21)/p+1. The average molecular weight is 290 g/mol. The van der Waals surface area contributed by atoms with Gasteiger partial charge in [0.2, 0.25) is 5.71 Å². The van der Waals surface area contributed by atoms with Crippen LogP contribution in [-0.4, -0.2) is 10.7 Å². The largest absolute Gasteiger partial charge is 0.457 e. The fourth-order valence-corrected chi connectivity index (χ4v) is 2.11. The Morgan fingerprint density at radius 1 is 0.909 bits per heavy atom. The second-order valence-corrected chi connectivity index (χ2v) is 4.82. The van der Waals surface area contributed by atoms with E-state index in [0.29, 0.717) is 11.4 Å². The van der Waals surface area contributed by atoms with Gasteiger partial charge in [0.05, 0.1) is 5.56 Å². The van der Waals surface area contributed by atoms with Crippen molar-refractivity contribution < 1.29 is 10.1 Å². The first-order valence-electron chi connectivity index (χ1n) is 6.89. The van der Waals surface area contributed by atoms with Crippen molar-refractivity contribution in [2.75, 3.05) is 5.73 Å². The van der Waals surface area contributed by atoms with Crippen LogP contribution in [0.15, 0.2) is 73.1 Å². The molecule has 1 aromatic heterocycles. The van der Waals surface area contributed by atoms with Gasteiger partial charge < -0.3 is 10.5 Å². The van der Waals surface area contributed by atoms with Crippen LogP contribution in [0, 0.1) is 0 Å². The molecule has 4 N–H and O–H groups in total. The van der Waals surface area contributed by atoms with Crippen LogP contribution in [0.1, 0.15) is 11.1 Å². The molecule has 0 saturated heterocycles. The Balaban J connectivity index is 1.80. The van der Waals surface area contributed by atoms with Gasteiger partial charge in [-0.2, -0.15) is 0 Å². The Bertz CT molecular complexity index is 783. The number of para-hydroxylation sites is 1. The van der Waals surface area contributed by atoms with Crippen LogP contribution in [0.2, 0.25) is 0 Å². The molecule has 0 aliphatic carbocycles. The number of benzene rings is 2. The van der Waals surface area contributed by atoms with E-state index in [1.54, 1.807) is 18.5 Å². The summed E-state index contributed by atoms with van der Waals surface area (Å²) in [5.41, 5.74) is 8.74. The summed E-state index contributed by atoms with van der Waals surface area (Å²) < 4.78 is 5.76. The van der Waals surface area contributed by atoms with Gasteiger partial charge in [0, 0.05) is 23.6 Å². The molecule has 22 heavy (non-hydrogen) atoms. The summed E-state index contributed by atoms with van der Waals surface area (Å²) in [5, 5.41) is 6.18. The number of nitrogen functional groups attached to an aromatic ring is 1. The van der Waals surface area contributed by atoms with Crippen LogP contribution in [0.25, 0.3) is 0 Å². The molecule has 0 fully saturated rings. The molecule has 0 aliphatic heterocycles. The number of hydrogen-bond donors (Lipinski definition) is 2. The molecule has 0 atom stereocenters. The van der Waals surface area contributed by atoms with Crippen LogP contribution in [0.4, 0.5) is 5.69 Å². The molecular weight excluding hydrogens is 274 g/mol. The molecule has 0 radical (unpaired) electrons. The lowest BCUT2D eigenvalue weighted by Gasteiger charge is -2.06. The van der Waals surface area contributed by atoms with Gasteiger partial charge in [0.15, 0.2) is 0 Å². The number of anilines is 1. The van der Waals surface area contributed by atoms with Gasteiger partial charge in [-0.25, -0.2) is 0 Å². The van der Waals surface area contributed by atoms with E-state index >= 15 is 0 Å². The number of rotatable bonds is 4. The van der Waals surface area contributed by atoms with Crippen LogP contribution >= 0.6 is 0 Å². The third kappa shape index (κ3) is 2.96. The predicted molar refractivity (Wildman–Crippen MR) is 86.7 cm³/mol. The van der Waals surface area contributed by atoms with Crippen molar-refractivity contribution >= 4 is 11.4 Å². The minimum absolute atomic E-state index is 0.594. The third-order valence-corrected chi connectivity index (χ3v) is 3.29. The van der Waals surface area contributed by atoms with E-state index in [1.165, 1.54) is 0 Å². The minimum atomic E-state index is 0.594. The molecule has 108 valence electrons. The average Bonchev–Trinajstić information content (AvgIpc) is 2.56. The van der Waals surface area contributed by atoms with Crippen molar-refractivity contribution in [2.45, 2.75) is 0 Å². The van der Waals surface area contributed by atoms with Crippen LogP contribution in [0.5, 0.6) is 11.5 Å². The zero-order valence-corrected chi connectivity index (χ0v) is 11.9. The lowest BCUT2D eigenvalue weighted by Crippen LogP contribution is -2.41. The molecule has 4 heteroatoms. The van der Waals surface area contributed by atoms with Gasteiger partial charge in [0.1, 0.15) is 11.5 Å². The summed E-state index contributed by atoms with van der Waals surface area (Å²) in [7, 11) is 0. The first-order valence-corrected chi connectivity index (χ1v) is 6.89. The Kier molecular flexibility index (Phi) is 3.83. The highest BCUT2D eigenvalue weighted by Crippen LogP contribution is 2.22. The Morgan fingerprint density at radius 3 is 2.27 bits per heavy atom. The molecule has 2 aromatic carbocycles. The fraction of sp³-hybridized carbons (Fsp3) is 0. The smallest absolute Gasteiger partial charge is 0.214 e. The highest BCUT2D eigenvalue weighted by atomic mass is 16.5. The maximum Gasteiger partial charge on any atom is 0.214 e. The van der Waals surface area contributed by atoms with E-state index in [-0.39, 0.29) is 0 Å². The summed E-state index contributed by atoms with van der Waals surface area (Å²) in [6, 6.07) is 18.9. The van der Waals surface area contributed by atoms with Crippen molar-refractivity contribution in [3.63, 3.8) is 0 Å². The maximum absolute atomic E-state index is 6.18. The summed E-state index contributed by atoms with van der Waals surface area (Å²) in [6.45, 7) is 0. The molecule has 0 saturated carbocycles. The molecule has 3 aromatic rings. The van der Waals surface area contributed by atoms with Gasteiger partial charge >= 0.3 is 0 Å². The topological polar surface area (TPSA) is 73.7 Å². The lowest BCUT2D eigenvalue weighted by molar-refractivity contribution is -0.111. The Morgan fingerprint density at radius 2 is 1.59 bits per heavy atom. The summed E-state index contributed by atoms with van der Waals surface area (Å²) in [5.74, 6) is 1.55. The van der Waals surface area contributed by atoms with Crippen molar-refractivity contribution in [3.05, 3.63) is 84.2 Å². The summed E-state index contributed by atoms with van der Waals surface area (Å²) in [4.78, 5) is 4.06. The second-order valence-electron chi connectivity index (χ2n) is 4.82. The number of nitrogens with zero attached hydrogens (tertiary/aromatic N) is 1. The van der Waals surface area contributed by atoms with Crippen molar-refractivity contribution in [1.82, 2.24) is 4.98 Å². The minimum Gasteiger partial charge on any atom is -0.457 e. The van der Waals surface area contributed by atoms with Crippen LogP contribution < -0.4 is 15.9 Å². The highest BCUT2D eigenvalue weighted by Gasteiger charge is 2.13. The van der Waals surface area contributed by atoms with Gasteiger partial charge in [-0.15, -0.1) is 0 Å². The molecule has 0 spiro atoms. The first-order chi connectivity index (χ1) is 10.7. The van der Waals surface area contributed by atoms with E-state index in [9.17, 15) is 0 Å². The molecule has 0 bridgehead atoms. The van der Waals surface area contributed by atoms with Crippen molar-refractivity contribution in [3.8, 4) is 11.5 Å². The zero-order chi connectivity index (χ0) is 15.4. The van der Waals surface area contributed by atoms with Gasteiger partial charge in [-0.05, 0) is 42.5 Å². The van der Waals surface area contributed by atoms with E-state index in [0.717, 1.165) is 22.6 Å². The highest BCUT2D eigenvalue weighted by molar-refractivity contribution is 6.11. The maximum atomic E-state index is 6.18. The summed E-state index contributed by atoms with van der Waals surface area (Å²) in [6.07, 6.45) is 3.31. The molecule has 0 aliphatic rings. The first kappa shape index (κ1) is 13.8. The van der Waals surface area contributed by atoms with E-state index in [4.69, 9.17) is 15.9 Å². The Hall–Kier alpha value is -3.14. The molecule has 1 heterocycles. The fourth-order valence-electron chi connectivity index (χ4n) is 2.11. The molecular formula is C18H16N3O+. The third-order valence-electron chi connectivity index (χ3n) is 3.29. The molecule has 0 unspecified atom stereocenters. The molecule has 3 rings (SSSR count). The normalized spacial score (nSPS) is 10.2. The lowest BCUT2D eigenvalue weighted by atomic mass is 10.0. The van der Waals surface area contributed by atoms with Crippen molar-refractivity contribution in [2.24, 2.45) is 0 Å². The predicted octanol–water partition coefficient (Wildman–Crippen LogP) is 2.05. The zero-order valence-electron chi connectivity index (χ0n) is 11.9. The van der Waals surface area contributed by atoms with Crippen LogP contribution in [0.3, 0.4) is 0 Å². The number of ether oxygens (including phenoxy) is 1. The quantitative estimate of drug-likeness (QED) is 0.722. The number of hydrogen-bond acceptors (Lipinski definition) is 3. The molecule has 4 nitrogen and oxygen atoms in total. The SMILES string of the molecule is Nc1ccncc1C(=[NH2+])c1ccc(Oc2ccccc2)cc1. The van der Waals surface area contributed by atoms with E-state index in [2.05, 4.69) is 4.98 Å². The Labute approximate surface area is 128 Å². The molecule has 0 amide bonds. The van der Waals surface area contributed by atoms with Crippen molar-refractivity contribution in [1.29, 1.82) is 0 Å². The number of nitrogens with two attached hydrogens (primary N) is 2. The van der Waals surface area contributed by atoms with Gasteiger partial charge in [-0.1, -0.05) is 18.2 Å². The van der Waals surface area contributed by atoms with Gasteiger partial charge in [-0.3, -0.25) is 10.4 Å². The van der Waals surface area contributed by atoms with E-state index in [1.807, 2.05) is 54.6 Å². The summed E-state index contributed by atoms with van der Waals surface area (Å²) >= 11 is 0.